The van der Waals surface area contributed by atoms with Crippen LogP contribution in [0.2, 0.25) is 0 Å². The van der Waals surface area contributed by atoms with Gasteiger partial charge in [0.05, 0.1) is 6.54 Å². The molecule has 0 saturated heterocycles. The fourth-order valence-electron chi connectivity index (χ4n) is 1.22. The average molecular weight is 244 g/mol. The first kappa shape index (κ1) is 13.5. The predicted octanol–water partition coefficient (Wildman–Crippen LogP) is -0.229. The second-order valence-corrected chi connectivity index (χ2v) is 2.95. The summed E-state index contributed by atoms with van der Waals surface area (Å²) in [4.78, 5) is 10.7. The zero-order valence-electron chi connectivity index (χ0n) is 7.74. The molecule has 16 heavy (non-hydrogen) atoms. The number of aromatic nitrogens is 4. The van der Waals surface area contributed by atoms with E-state index in [4.69, 9.17) is 5.11 Å². The van der Waals surface area contributed by atoms with E-state index >= 15 is 0 Å². The van der Waals surface area contributed by atoms with E-state index in [9.17, 15) is 4.79 Å². The molecule has 78 valence electrons. The Morgan fingerprint density at radius 3 is 2.62 bits per heavy atom. The zero-order chi connectivity index (χ0) is 10.7. The summed E-state index contributed by atoms with van der Waals surface area (Å²) in [7, 11) is 0. The van der Waals surface area contributed by atoms with Crippen LogP contribution in [0.25, 0.3) is 0 Å². The molecule has 1 aromatic heterocycles. The number of nitrogens with zero attached hydrogens (tertiary/aromatic N) is 4. The Labute approximate surface area is 134 Å². The number of aromatic carboxylic acids is 1. The molecule has 1 aromatic carbocycles. The van der Waals surface area contributed by atoms with Crippen molar-refractivity contribution in [1.29, 1.82) is 0 Å². The summed E-state index contributed by atoms with van der Waals surface area (Å²) in [6, 6.07) is 9.40. The van der Waals surface area contributed by atoms with E-state index in [0.717, 1.165) is 5.56 Å². The molecule has 0 aliphatic rings. The van der Waals surface area contributed by atoms with Crippen molar-refractivity contribution in [2.75, 3.05) is 0 Å². The summed E-state index contributed by atoms with van der Waals surface area (Å²) >= 11 is 0. The number of benzene rings is 1. The fourth-order valence-corrected chi connectivity index (χ4v) is 1.22. The zero-order valence-corrected chi connectivity index (χ0v) is 7.74. The van der Waals surface area contributed by atoms with Gasteiger partial charge in [0.15, 0.2) is 0 Å². The molecule has 0 radical (unpaired) electrons. The Bertz CT molecular complexity index is 471. The van der Waals surface area contributed by atoms with Gasteiger partial charge in [-0.25, -0.2) is 9.48 Å². The molecule has 1 heterocycles. The van der Waals surface area contributed by atoms with Crippen molar-refractivity contribution in [2.24, 2.45) is 0 Å². The molecular weight excluding hydrogens is 235 g/mol. The van der Waals surface area contributed by atoms with Crippen molar-refractivity contribution in [3.8, 4) is 0 Å². The summed E-state index contributed by atoms with van der Waals surface area (Å²) in [5, 5.41) is 19.1. The van der Waals surface area contributed by atoms with Crippen LogP contribution in [0.4, 0.5) is 0 Å². The Balaban J connectivity index is 0.00000128. The van der Waals surface area contributed by atoms with E-state index in [-0.39, 0.29) is 57.2 Å². The van der Waals surface area contributed by atoms with E-state index < -0.39 is 5.97 Å². The van der Waals surface area contributed by atoms with E-state index in [0.29, 0.717) is 6.54 Å². The van der Waals surface area contributed by atoms with Gasteiger partial charge >= 0.3 is 57.4 Å². The fraction of sp³-hybridized carbons (Fsp3) is 0.111. The predicted molar refractivity (Wildman–Crippen MR) is 57.5 cm³/mol. The van der Waals surface area contributed by atoms with E-state index in [2.05, 4.69) is 15.5 Å². The number of hydrogen-bond acceptors (Lipinski definition) is 4. The van der Waals surface area contributed by atoms with Crippen LogP contribution < -0.4 is 0 Å². The maximum absolute atomic E-state index is 10.7. The van der Waals surface area contributed by atoms with Crippen LogP contribution in [-0.4, -0.2) is 82.7 Å². The van der Waals surface area contributed by atoms with Gasteiger partial charge in [-0.1, -0.05) is 30.3 Å². The van der Waals surface area contributed by atoms with Gasteiger partial charge in [-0.15, -0.1) is 5.10 Å². The minimum atomic E-state index is -1.13. The van der Waals surface area contributed by atoms with Crippen molar-refractivity contribution in [2.45, 2.75) is 6.54 Å². The number of tetrazole rings is 1. The minimum absolute atomic E-state index is 0. The van der Waals surface area contributed by atoms with E-state index in [1.807, 2.05) is 30.3 Å². The summed E-state index contributed by atoms with van der Waals surface area (Å²) in [6.45, 7) is 0.357. The summed E-state index contributed by atoms with van der Waals surface area (Å²) in [5.74, 6) is -1.28. The van der Waals surface area contributed by atoms with Crippen LogP contribution >= 0.6 is 0 Å². The number of carboxylic acid groups (broad SMARTS) is 1. The van der Waals surface area contributed by atoms with Crippen molar-refractivity contribution in [3.63, 3.8) is 0 Å². The van der Waals surface area contributed by atoms with Crippen LogP contribution in [0.15, 0.2) is 30.3 Å². The number of carbonyl (C=O) groups is 1. The molecule has 2 rings (SSSR count). The molecule has 0 bridgehead atoms. The van der Waals surface area contributed by atoms with Crippen molar-refractivity contribution < 1.29 is 9.90 Å². The molecule has 0 fully saturated rings. The molecule has 7 heteroatoms. The molecule has 0 amide bonds. The normalized spacial score (nSPS) is 9.50. The number of hydrogen-bond donors (Lipinski definition) is 1. The third kappa shape index (κ3) is 3.19. The van der Waals surface area contributed by atoms with Gasteiger partial charge < -0.3 is 5.11 Å². The summed E-state index contributed by atoms with van der Waals surface area (Å²) in [5.41, 5.74) is 0.951. The molecule has 0 atom stereocenters. The monoisotopic (exact) mass is 244 g/mol. The SMILES string of the molecule is O=C(O)c1nnnn1Cc1ccccc1.[KH]. The second kappa shape index (κ2) is 6.21. The summed E-state index contributed by atoms with van der Waals surface area (Å²) < 4.78 is 1.25. The van der Waals surface area contributed by atoms with Crippen LogP contribution in [0.1, 0.15) is 16.2 Å². The van der Waals surface area contributed by atoms with Gasteiger partial charge in [-0.05, 0) is 16.0 Å². The van der Waals surface area contributed by atoms with Crippen LogP contribution in [0.3, 0.4) is 0 Å². The van der Waals surface area contributed by atoms with Crippen LogP contribution in [0, 0.1) is 0 Å². The first-order chi connectivity index (χ1) is 7.27. The van der Waals surface area contributed by atoms with Crippen molar-refractivity contribution in [1.82, 2.24) is 20.2 Å². The number of carboxylic acids is 1. The Hall–Kier alpha value is -0.604. The molecule has 1 N–H and O–H groups in total. The Morgan fingerprint density at radius 1 is 1.31 bits per heavy atom. The van der Waals surface area contributed by atoms with Crippen molar-refractivity contribution >= 4 is 57.4 Å². The van der Waals surface area contributed by atoms with Gasteiger partial charge in [-0.3, -0.25) is 0 Å². The Morgan fingerprint density at radius 2 is 2.00 bits per heavy atom. The van der Waals surface area contributed by atoms with Gasteiger partial charge in [0, 0.05) is 0 Å². The van der Waals surface area contributed by atoms with Gasteiger partial charge in [0.2, 0.25) is 0 Å². The molecule has 0 unspecified atom stereocenters. The summed E-state index contributed by atoms with van der Waals surface area (Å²) in [6.07, 6.45) is 0. The van der Waals surface area contributed by atoms with Crippen molar-refractivity contribution in [3.05, 3.63) is 41.7 Å². The topological polar surface area (TPSA) is 80.9 Å². The maximum atomic E-state index is 10.7. The molecule has 0 aliphatic heterocycles. The van der Waals surface area contributed by atoms with Gasteiger partial charge in [0.25, 0.3) is 5.82 Å². The van der Waals surface area contributed by atoms with E-state index in [1.54, 1.807) is 0 Å². The standard InChI is InChI=1S/C9H8N4O2.K.H/c14-9(15)8-10-11-12-13(8)6-7-4-2-1-3-5-7;;/h1-5H,6H2,(H,14,15);;. The molecule has 0 saturated carbocycles. The molecule has 0 spiro atoms. The third-order valence-electron chi connectivity index (χ3n) is 1.90. The molecule has 0 aliphatic carbocycles. The number of rotatable bonds is 3. The van der Waals surface area contributed by atoms with Crippen LogP contribution in [-0.2, 0) is 6.54 Å². The van der Waals surface area contributed by atoms with Gasteiger partial charge in [0.1, 0.15) is 0 Å². The third-order valence-corrected chi connectivity index (χ3v) is 1.90. The second-order valence-electron chi connectivity index (χ2n) is 2.95. The quantitative estimate of drug-likeness (QED) is 0.754. The molecule has 6 nitrogen and oxygen atoms in total. The molecule has 2 aromatic rings. The Kier molecular flexibility index (Phi) is 5.23. The first-order valence-corrected chi connectivity index (χ1v) is 4.31. The van der Waals surface area contributed by atoms with E-state index in [1.165, 1.54) is 4.68 Å². The molecular formula is C9H9KN4O2. The van der Waals surface area contributed by atoms with Crippen LogP contribution in [0.5, 0.6) is 0 Å². The average Bonchev–Trinajstić information content (AvgIpc) is 2.67. The first-order valence-electron chi connectivity index (χ1n) is 4.31. The van der Waals surface area contributed by atoms with Gasteiger partial charge in [-0.2, -0.15) is 0 Å².